The van der Waals surface area contributed by atoms with Gasteiger partial charge in [-0.15, -0.1) is 17.5 Å². The van der Waals surface area contributed by atoms with Crippen LogP contribution in [0.5, 0.6) is 0 Å². The van der Waals surface area contributed by atoms with E-state index in [9.17, 15) is 0 Å². The molecule has 1 heteroatoms. The summed E-state index contributed by atoms with van der Waals surface area (Å²) in [6, 6.07) is 0. The molecular weight excluding hydrogens is 168 g/mol. The standard InChI is InChI=1S/C11H15Cl/c1-2-3-4-5-6-7-8-9-10-11-12/h2-5,8,11H2,1H3. The number of rotatable bonds is 3. The monoisotopic (exact) mass is 182 g/mol. The normalized spacial score (nSPS) is 7.83. The van der Waals surface area contributed by atoms with Crippen molar-refractivity contribution in [3.8, 4) is 23.7 Å². The summed E-state index contributed by atoms with van der Waals surface area (Å²) in [5, 5.41) is 0. The molecule has 0 saturated heterocycles. The summed E-state index contributed by atoms with van der Waals surface area (Å²) in [4.78, 5) is 0. The van der Waals surface area contributed by atoms with E-state index in [2.05, 4.69) is 30.6 Å². The highest BCUT2D eigenvalue weighted by Gasteiger charge is 1.79. The van der Waals surface area contributed by atoms with Crippen LogP contribution in [0.15, 0.2) is 0 Å². The molecule has 66 valence electrons. The van der Waals surface area contributed by atoms with Crippen molar-refractivity contribution in [2.75, 3.05) is 5.88 Å². The Bertz CT molecular complexity index is 197. The lowest BCUT2D eigenvalue weighted by Gasteiger charge is -1.87. The van der Waals surface area contributed by atoms with Gasteiger partial charge in [0, 0.05) is 6.42 Å². The molecule has 0 aliphatic rings. The molecule has 0 nitrogen and oxygen atoms in total. The summed E-state index contributed by atoms with van der Waals surface area (Å²) in [5.74, 6) is 12.1. The molecule has 0 N–H and O–H groups in total. The average molecular weight is 183 g/mol. The van der Waals surface area contributed by atoms with Crippen LogP contribution >= 0.6 is 11.6 Å². The maximum absolute atomic E-state index is 5.36. The number of hydrogen-bond donors (Lipinski definition) is 0. The van der Waals surface area contributed by atoms with E-state index in [0.29, 0.717) is 12.3 Å². The van der Waals surface area contributed by atoms with Gasteiger partial charge in [-0.3, -0.25) is 0 Å². The van der Waals surface area contributed by atoms with Gasteiger partial charge < -0.3 is 0 Å². The third-order valence-corrected chi connectivity index (χ3v) is 1.53. The second-order valence-corrected chi connectivity index (χ2v) is 2.74. The first kappa shape index (κ1) is 11.4. The minimum atomic E-state index is 0.414. The van der Waals surface area contributed by atoms with Gasteiger partial charge in [0.2, 0.25) is 0 Å². The fourth-order valence-electron chi connectivity index (χ4n) is 0.768. The summed E-state index contributed by atoms with van der Waals surface area (Å²) >= 11 is 5.36. The largest absolute Gasteiger partial charge is 0.113 e. The molecular formula is C11H15Cl. The summed E-state index contributed by atoms with van der Waals surface area (Å²) in [6.45, 7) is 2.19. The Balaban J connectivity index is 3.23. The second kappa shape index (κ2) is 10.4. The Kier molecular flexibility index (Phi) is 9.90. The number of alkyl halides is 1. The van der Waals surface area contributed by atoms with E-state index in [-0.39, 0.29) is 0 Å². The van der Waals surface area contributed by atoms with Gasteiger partial charge in [-0.05, 0) is 6.42 Å². The zero-order valence-corrected chi connectivity index (χ0v) is 8.38. The van der Waals surface area contributed by atoms with Crippen LogP contribution in [0.2, 0.25) is 0 Å². The van der Waals surface area contributed by atoms with Gasteiger partial charge >= 0.3 is 0 Å². The fourth-order valence-corrected chi connectivity index (χ4v) is 0.863. The first-order valence-corrected chi connectivity index (χ1v) is 4.92. The molecule has 0 fully saturated rings. The summed E-state index contributed by atoms with van der Waals surface area (Å²) in [7, 11) is 0. The van der Waals surface area contributed by atoms with Gasteiger partial charge in [-0.1, -0.05) is 37.5 Å². The SMILES string of the molecule is CCCCCC#CCC#CCCl. The molecule has 0 rings (SSSR count). The van der Waals surface area contributed by atoms with Gasteiger partial charge in [0.05, 0.1) is 12.3 Å². The van der Waals surface area contributed by atoms with Crippen molar-refractivity contribution >= 4 is 11.6 Å². The van der Waals surface area contributed by atoms with Crippen LogP contribution in [-0.4, -0.2) is 5.88 Å². The number of unbranched alkanes of at least 4 members (excludes halogenated alkanes) is 3. The molecule has 0 spiro atoms. The summed E-state index contributed by atoms with van der Waals surface area (Å²) in [5.41, 5.74) is 0. The molecule has 0 aliphatic heterocycles. The topological polar surface area (TPSA) is 0 Å². The van der Waals surface area contributed by atoms with Crippen LogP contribution in [0, 0.1) is 23.7 Å². The van der Waals surface area contributed by atoms with Gasteiger partial charge in [0.15, 0.2) is 0 Å². The predicted molar refractivity (Wildman–Crippen MR) is 55.0 cm³/mol. The van der Waals surface area contributed by atoms with Gasteiger partial charge in [-0.2, -0.15) is 0 Å². The Labute approximate surface area is 80.7 Å². The van der Waals surface area contributed by atoms with Crippen LogP contribution in [0.25, 0.3) is 0 Å². The van der Waals surface area contributed by atoms with Crippen molar-refractivity contribution in [1.82, 2.24) is 0 Å². The molecule has 0 saturated carbocycles. The average Bonchev–Trinajstić information content (AvgIpc) is 2.10. The van der Waals surface area contributed by atoms with E-state index in [1.54, 1.807) is 0 Å². The number of halogens is 1. The lowest BCUT2D eigenvalue weighted by Crippen LogP contribution is -1.71. The van der Waals surface area contributed by atoms with Crippen molar-refractivity contribution in [2.45, 2.75) is 39.0 Å². The molecule has 0 aromatic rings. The van der Waals surface area contributed by atoms with Gasteiger partial charge in [0.25, 0.3) is 0 Å². The zero-order valence-electron chi connectivity index (χ0n) is 7.62. The van der Waals surface area contributed by atoms with Gasteiger partial charge in [0.1, 0.15) is 0 Å². The molecule has 0 unspecified atom stereocenters. The fraction of sp³-hybridized carbons (Fsp3) is 0.636. The van der Waals surface area contributed by atoms with Crippen LogP contribution in [-0.2, 0) is 0 Å². The third kappa shape index (κ3) is 9.41. The molecule has 0 aliphatic carbocycles. The summed E-state index contributed by atoms with van der Waals surface area (Å²) < 4.78 is 0. The lowest BCUT2D eigenvalue weighted by atomic mass is 10.2. The third-order valence-electron chi connectivity index (χ3n) is 1.40. The van der Waals surface area contributed by atoms with Crippen LogP contribution in [0.1, 0.15) is 39.0 Å². The van der Waals surface area contributed by atoms with Crippen molar-refractivity contribution in [2.24, 2.45) is 0 Å². The molecule has 0 aromatic heterocycles. The Morgan fingerprint density at radius 2 is 1.75 bits per heavy atom. The van der Waals surface area contributed by atoms with Crippen molar-refractivity contribution in [3.63, 3.8) is 0 Å². The van der Waals surface area contributed by atoms with Gasteiger partial charge in [-0.25, -0.2) is 0 Å². The highest BCUT2D eigenvalue weighted by atomic mass is 35.5. The van der Waals surface area contributed by atoms with E-state index in [4.69, 9.17) is 11.6 Å². The van der Waals surface area contributed by atoms with Crippen molar-refractivity contribution in [1.29, 1.82) is 0 Å². The van der Waals surface area contributed by atoms with Crippen LogP contribution < -0.4 is 0 Å². The van der Waals surface area contributed by atoms with E-state index in [1.165, 1.54) is 19.3 Å². The minimum absolute atomic E-state index is 0.414. The molecule has 0 atom stereocenters. The zero-order chi connectivity index (χ0) is 9.07. The Morgan fingerprint density at radius 3 is 2.42 bits per heavy atom. The highest BCUT2D eigenvalue weighted by molar-refractivity contribution is 6.19. The maximum Gasteiger partial charge on any atom is 0.0835 e. The smallest absolute Gasteiger partial charge is 0.0835 e. The minimum Gasteiger partial charge on any atom is -0.113 e. The van der Waals surface area contributed by atoms with Crippen LogP contribution in [0.3, 0.4) is 0 Å². The molecule has 12 heavy (non-hydrogen) atoms. The van der Waals surface area contributed by atoms with Crippen molar-refractivity contribution < 1.29 is 0 Å². The Morgan fingerprint density at radius 1 is 1.00 bits per heavy atom. The first-order chi connectivity index (χ1) is 5.91. The highest BCUT2D eigenvalue weighted by Crippen LogP contribution is 1.96. The maximum atomic E-state index is 5.36. The van der Waals surface area contributed by atoms with E-state index >= 15 is 0 Å². The van der Waals surface area contributed by atoms with Crippen molar-refractivity contribution in [3.05, 3.63) is 0 Å². The first-order valence-electron chi connectivity index (χ1n) is 4.39. The molecule has 0 bridgehead atoms. The molecule has 0 aromatic carbocycles. The van der Waals surface area contributed by atoms with E-state index in [1.807, 2.05) is 0 Å². The van der Waals surface area contributed by atoms with Crippen LogP contribution in [0.4, 0.5) is 0 Å². The van der Waals surface area contributed by atoms with E-state index in [0.717, 1.165) is 6.42 Å². The summed E-state index contributed by atoms with van der Waals surface area (Å²) in [6.07, 6.45) is 5.43. The lowest BCUT2D eigenvalue weighted by molar-refractivity contribution is 0.737. The molecule has 0 amide bonds. The predicted octanol–water partition coefficient (Wildman–Crippen LogP) is 3.20. The van der Waals surface area contributed by atoms with E-state index < -0.39 is 0 Å². The number of hydrogen-bond acceptors (Lipinski definition) is 0. The molecule has 0 heterocycles. The Hall–Kier alpha value is -0.590. The quantitative estimate of drug-likeness (QED) is 0.357. The molecule has 0 radical (unpaired) electrons. The second-order valence-electron chi connectivity index (χ2n) is 2.47.